The van der Waals surface area contributed by atoms with E-state index in [-0.39, 0.29) is 5.92 Å². The Labute approximate surface area is 145 Å². The minimum absolute atomic E-state index is 0.210. The molecule has 1 amide bonds. The lowest BCUT2D eigenvalue weighted by atomic mass is 9.92. The van der Waals surface area contributed by atoms with Crippen molar-refractivity contribution in [3.63, 3.8) is 0 Å². The van der Waals surface area contributed by atoms with E-state index in [1.165, 1.54) is 5.56 Å². The molecule has 0 aromatic heterocycles. The first-order valence-corrected chi connectivity index (χ1v) is 9.04. The molecule has 2 fully saturated rings. The summed E-state index contributed by atoms with van der Waals surface area (Å²) in [4.78, 5) is 17.2. The molecule has 2 aliphatic heterocycles. The van der Waals surface area contributed by atoms with Gasteiger partial charge < -0.3 is 15.0 Å². The predicted molar refractivity (Wildman–Crippen MR) is 95.0 cm³/mol. The van der Waals surface area contributed by atoms with Gasteiger partial charge in [-0.05, 0) is 32.4 Å². The normalized spacial score (nSPS) is 25.5. The topological polar surface area (TPSA) is 44.8 Å². The first kappa shape index (κ1) is 17.2. The Hall–Kier alpha value is -1.59. The molecule has 2 heterocycles. The van der Waals surface area contributed by atoms with Crippen LogP contribution < -0.4 is 10.1 Å². The smallest absolute Gasteiger partial charge is 0.225 e. The second-order valence-electron chi connectivity index (χ2n) is 6.99. The fraction of sp³-hybridized carbons (Fsp3) is 0.632. The van der Waals surface area contributed by atoms with E-state index in [2.05, 4.69) is 34.2 Å². The highest BCUT2D eigenvalue weighted by molar-refractivity contribution is 5.79. The predicted octanol–water partition coefficient (Wildman–Crippen LogP) is 1.73. The summed E-state index contributed by atoms with van der Waals surface area (Å²) in [5.74, 6) is 1.52. The fourth-order valence-corrected chi connectivity index (χ4v) is 3.82. The third-order valence-corrected chi connectivity index (χ3v) is 5.24. The van der Waals surface area contributed by atoms with Gasteiger partial charge in [-0.15, -0.1) is 0 Å². The summed E-state index contributed by atoms with van der Waals surface area (Å²) >= 11 is 0. The second-order valence-corrected chi connectivity index (χ2v) is 6.99. The lowest BCUT2D eigenvalue weighted by Crippen LogP contribution is -2.51. The Bertz CT molecular complexity index is 555. The highest BCUT2D eigenvalue weighted by Crippen LogP contribution is 2.22. The number of nitrogens with zero attached hydrogens (tertiary/aromatic N) is 2. The first-order valence-electron chi connectivity index (χ1n) is 9.04. The van der Waals surface area contributed by atoms with Crippen molar-refractivity contribution in [1.82, 2.24) is 15.1 Å². The molecular weight excluding hydrogens is 302 g/mol. The van der Waals surface area contributed by atoms with E-state index in [0.29, 0.717) is 11.9 Å². The van der Waals surface area contributed by atoms with Crippen LogP contribution in [0.15, 0.2) is 24.3 Å². The third-order valence-electron chi connectivity index (χ3n) is 5.24. The number of nitrogens with one attached hydrogen (secondary N) is 1. The maximum atomic E-state index is 12.7. The van der Waals surface area contributed by atoms with E-state index < -0.39 is 0 Å². The van der Waals surface area contributed by atoms with Gasteiger partial charge in [0, 0.05) is 50.2 Å². The fourth-order valence-electron chi connectivity index (χ4n) is 3.82. The van der Waals surface area contributed by atoms with Crippen LogP contribution in [0.25, 0.3) is 0 Å². The van der Waals surface area contributed by atoms with Gasteiger partial charge in [-0.25, -0.2) is 0 Å². The number of carbonyl (C=O) groups is 1. The highest BCUT2D eigenvalue weighted by atomic mass is 16.5. The van der Waals surface area contributed by atoms with Crippen molar-refractivity contribution in [2.24, 2.45) is 5.92 Å². The van der Waals surface area contributed by atoms with E-state index in [0.717, 1.165) is 57.9 Å². The number of benzene rings is 1. The molecule has 5 heteroatoms. The summed E-state index contributed by atoms with van der Waals surface area (Å²) in [7, 11) is 1.72. The van der Waals surface area contributed by atoms with Gasteiger partial charge in [0.25, 0.3) is 0 Å². The van der Waals surface area contributed by atoms with Crippen LogP contribution in [0.1, 0.15) is 25.3 Å². The summed E-state index contributed by atoms with van der Waals surface area (Å²) in [6.45, 7) is 7.57. The molecular formula is C19H29N3O2. The summed E-state index contributed by atoms with van der Waals surface area (Å²) in [6, 6.07) is 8.63. The molecule has 0 radical (unpaired) electrons. The monoisotopic (exact) mass is 331 g/mol. The molecule has 132 valence electrons. The molecule has 0 saturated carbocycles. The van der Waals surface area contributed by atoms with E-state index in [1.54, 1.807) is 7.11 Å². The minimum Gasteiger partial charge on any atom is -0.496 e. The van der Waals surface area contributed by atoms with Gasteiger partial charge in [0.15, 0.2) is 0 Å². The van der Waals surface area contributed by atoms with E-state index in [9.17, 15) is 4.79 Å². The Balaban J connectivity index is 1.51. The van der Waals surface area contributed by atoms with Crippen LogP contribution in [0.4, 0.5) is 0 Å². The average Bonchev–Trinajstić information content (AvgIpc) is 2.62. The zero-order valence-electron chi connectivity index (χ0n) is 14.8. The Morgan fingerprint density at radius 1 is 1.25 bits per heavy atom. The summed E-state index contributed by atoms with van der Waals surface area (Å²) in [6.07, 6.45) is 1.95. The van der Waals surface area contributed by atoms with E-state index >= 15 is 0 Å². The van der Waals surface area contributed by atoms with Gasteiger partial charge >= 0.3 is 0 Å². The zero-order valence-corrected chi connectivity index (χ0v) is 14.8. The number of methoxy groups -OCH3 is 1. The Kier molecular flexibility index (Phi) is 5.74. The zero-order chi connectivity index (χ0) is 16.9. The lowest BCUT2D eigenvalue weighted by Gasteiger charge is -2.38. The second kappa shape index (κ2) is 7.99. The van der Waals surface area contributed by atoms with Gasteiger partial charge in [-0.1, -0.05) is 18.2 Å². The van der Waals surface area contributed by atoms with Crippen LogP contribution in [0.5, 0.6) is 5.75 Å². The molecule has 24 heavy (non-hydrogen) atoms. The maximum absolute atomic E-state index is 12.7. The average molecular weight is 331 g/mol. The number of rotatable bonds is 4. The molecule has 3 rings (SSSR count). The van der Waals surface area contributed by atoms with Crippen molar-refractivity contribution < 1.29 is 9.53 Å². The Morgan fingerprint density at radius 3 is 2.71 bits per heavy atom. The van der Waals surface area contributed by atoms with Crippen molar-refractivity contribution in [3.05, 3.63) is 29.8 Å². The van der Waals surface area contributed by atoms with Gasteiger partial charge in [0.05, 0.1) is 7.11 Å². The van der Waals surface area contributed by atoms with Gasteiger partial charge in [-0.3, -0.25) is 9.69 Å². The quantitative estimate of drug-likeness (QED) is 0.913. The van der Waals surface area contributed by atoms with Gasteiger partial charge in [0.1, 0.15) is 5.75 Å². The van der Waals surface area contributed by atoms with Crippen LogP contribution in [0.3, 0.4) is 0 Å². The van der Waals surface area contributed by atoms with Gasteiger partial charge in [-0.2, -0.15) is 0 Å². The highest BCUT2D eigenvalue weighted by Gasteiger charge is 2.30. The number of carbonyl (C=O) groups excluding carboxylic acids is 1. The molecule has 5 nitrogen and oxygen atoms in total. The van der Waals surface area contributed by atoms with Crippen LogP contribution in [-0.4, -0.2) is 61.6 Å². The SMILES string of the molecule is COc1ccccc1CN1CCN(C(=O)[C@H]2CCN[C@@H](C)C2)CC1. The number of hydrogen-bond donors (Lipinski definition) is 1. The minimum atomic E-state index is 0.210. The van der Waals surface area contributed by atoms with Crippen molar-refractivity contribution in [2.45, 2.75) is 32.4 Å². The molecule has 2 saturated heterocycles. The number of piperazine rings is 1. The van der Waals surface area contributed by atoms with Crippen molar-refractivity contribution in [1.29, 1.82) is 0 Å². The molecule has 0 unspecified atom stereocenters. The van der Waals surface area contributed by atoms with Gasteiger partial charge in [0.2, 0.25) is 5.91 Å². The molecule has 1 aromatic carbocycles. The third kappa shape index (κ3) is 4.08. The number of ether oxygens (including phenoxy) is 1. The number of piperidine rings is 1. The van der Waals surface area contributed by atoms with Crippen LogP contribution in [0.2, 0.25) is 0 Å². The first-order chi connectivity index (χ1) is 11.7. The molecule has 1 aromatic rings. The standard InChI is InChI=1S/C19H29N3O2/c1-15-13-16(7-8-20-15)19(23)22-11-9-21(10-12-22)14-17-5-3-4-6-18(17)24-2/h3-6,15-16,20H,7-14H2,1-2H3/t15-,16-/m0/s1. The van der Waals surface area contributed by atoms with Crippen LogP contribution >= 0.6 is 0 Å². The summed E-state index contributed by atoms with van der Waals surface area (Å²) in [5.41, 5.74) is 1.21. The number of para-hydroxylation sites is 1. The van der Waals surface area contributed by atoms with E-state index in [4.69, 9.17) is 4.74 Å². The largest absolute Gasteiger partial charge is 0.496 e. The number of hydrogen-bond acceptors (Lipinski definition) is 4. The van der Waals surface area contributed by atoms with Crippen molar-refractivity contribution >= 4 is 5.91 Å². The van der Waals surface area contributed by atoms with Crippen LogP contribution in [-0.2, 0) is 11.3 Å². The number of amides is 1. The Morgan fingerprint density at radius 2 is 2.00 bits per heavy atom. The molecule has 1 N–H and O–H groups in total. The van der Waals surface area contributed by atoms with Crippen LogP contribution in [0, 0.1) is 5.92 Å². The molecule has 0 aliphatic carbocycles. The van der Waals surface area contributed by atoms with E-state index in [1.807, 2.05) is 12.1 Å². The van der Waals surface area contributed by atoms with Crippen molar-refractivity contribution in [3.8, 4) is 5.75 Å². The molecule has 2 atom stereocenters. The molecule has 2 aliphatic rings. The lowest BCUT2D eigenvalue weighted by molar-refractivity contribution is -0.138. The maximum Gasteiger partial charge on any atom is 0.225 e. The summed E-state index contributed by atoms with van der Waals surface area (Å²) < 4.78 is 5.44. The van der Waals surface area contributed by atoms with Crippen molar-refractivity contribution in [2.75, 3.05) is 39.8 Å². The molecule has 0 bridgehead atoms. The summed E-state index contributed by atoms with van der Waals surface area (Å²) in [5, 5.41) is 3.42. The molecule has 0 spiro atoms.